The highest BCUT2D eigenvalue weighted by Crippen LogP contribution is 2.19. The smallest absolute Gasteiger partial charge is 0.243 e. The molecule has 3 aromatic rings. The zero-order chi connectivity index (χ0) is 19.2. The van der Waals surface area contributed by atoms with Crippen molar-refractivity contribution in [1.29, 1.82) is 0 Å². The number of anilines is 1. The molecule has 0 saturated carbocycles. The summed E-state index contributed by atoms with van der Waals surface area (Å²) in [6.45, 7) is 4.20. The first kappa shape index (κ1) is 18.6. The van der Waals surface area contributed by atoms with Crippen LogP contribution in [0.1, 0.15) is 30.9 Å². The highest BCUT2D eigenvalue weighted by molar-refractivity contribution is 5.95. The normalized spacial score (nSPS) is 10.8. The first-order valence-electron chi connectivity index (χ1n) is 9.16. The van der Waals surface area contributed by atoms with E-state index in [1.807, 2.05) is 66.7 Å². The lowest BCUT2D eigenvalue weighted by molar-refractivity contribution is -0.123. The van der Waals surface area contributed by atoms with Crippen molar-refractivity contribution in [3.8, 4) is 0 Å². The predicted molar refractivity (Wildman–Crippen MR) is 110 cm³/mol. The molecule has 27 heavy (non-hydrogen) atoms. The number of fused-ring (bicyclic) bond motifs is 1. The third-order valence-corrected chi connectivity index (χ3v) is 4.54. The number of carbonyl (C=O) groups excluding carboxylic acids is 2. The highest BCUT2D eigenvalue weighted by Gasteiger charge is 2.09. The fourth-order valence-electron chi connectivity index (χ4n) is 3.02. The van der Waals surface area contributed by atoms with Gasteiger partial charge in [0.2, 0.25) is 11.8 Å². The van der Waals surface area contributed by atoms with Gasteiger partial charge in [-0.15, -0.1) is 0 Å². The van der Waals surface area contributed by atoms with Crippen molar-refractivity contribution in [2.45, 2.75) is 26.2 Å². The summed E-state index contributed by atoms with van der Waals surface area (Å²) >= 11 is 0. The average molecular weight is 360 g/mol. The Kier molecular flexibility index (Phi) is 5.87. The lowest BCUT2D eigenvalue weighted by Crippen LogP contribution is -2.33. The molecule has 0 aliphatic rings. The van der Waals surface area contributed by atoms with Crippen LogP contribution >= 0.6 is 0 Å². The Morgan fingerprint density at radius 2 is 1.56 bits per heavy atom. The number of carbonyl (C=O) groups is 2. The van der Waals surface area contributed by atoms with Crippen LogP contribution in [0, 0.1) is 0 Å². The van der Waals surface area contributed by atoms with Gasteiger partial charge in [-0.25, -0.2) is 0 Å². The van der Waals surface area contributed by atoms with Crippen molar-refractivity contribution < 1.29 is 9.59 Å². The Morgan fingerprint density at radius 3 is 2.30 bits per heavy atom. The van der Waals surface area contributed by atoms with Crippen LogP contribution in [0.5, 0.6) is 0 Å². The second-order valence-corrected chi connectivity index (χ2v) is 6.92. The summed E-state index contributed by atoms with van der Waals surface area (Å²) in [6.07, 6.45) is 0.248. The molecule has 0 saturated heterocycles. The van der Waals surface area contributed by atoms with E-state index in [4.69, 9.17) is 0 Å². The molecule has 0 aliphatic carbocycles. The quantitative estimate of drug-likeness (QED) is 0.690. The Hall–Kier alpha value is -3.14. The summed E-state index contributed by atoms with van der Waals surface area (Å²) in [6, 6.07) is 21.6. The number of benzene rings is 3. The van der Waals surface area contributed by atoms with Crippen molar-refractivity contribution in [2.75, 3.05) is 11.9 Å². The van der Waals surface area contributed by atoms with Gasteiger partial charge >= 0.3 is 0 Å². The first-order valence-corrected chi connectivity index (χ1v) is 9.16. The molecule has 0 fully saturated rings. The second kappa shape index (κ2) is 8.49. The van der Waals surface area contributed by atoms with Crippen molar-refractivity contribution in [3.63, 3.8) is 0 Å². The van der Waals surface area contributed by atoms with Crippen LogP contribution in [0.2, 0.25) is 0 Å². The molecular weight excluding hydrogens is 336 g/mol. The van der Waals surface area contributed by atoms with E-state index in [0.717, 1.165) is 22.0 Å². The van der Waals surface area contributed by atoms with Crippen molar-refractivity contribution in [2.24, 2.45) is 0 Å². The van der Waals surface area contributed by atoms with Crippen LogP contribution < -0.4 is 10.6 Å². The number of rotatable bonds is 6. The lowest BCUT2D eigenvalue weighted by atomic mass is 10.0. The van der Waals surface area contributed by atoms with Crippen molar-refractivity contribution >= 4 is 28.3 Å². The van der Waals surface area contributed by atoms with Gasteiger partial charge < -0.3 is 10.6 Å². The molecule has 3 aromatic carbocycles. The molecule has 4 heteroatoms. The molecule has 0 unspecified atom stereocenters. The molecule has 4 nitrogen and oxygen atoms in total. The van der Waals surface area contributed by atoms with Gasteiger partial charge in [0.25, 0.3) is 0 Å². The average Bonchev–Trinajstić information content (AvgIpc) is 2.67. The van der Waals surface area contributed by atoms with Crippen LogP contribution in [-0.4, -0.2) is 18.4 Å². The van der Waals surface area contributed by atoms with Crippen LogP contribution in [0.25, 0.3) is 10.8 Å². The first-order chi connectivity index (χ1) is 13.0. The fourth-order valence-corrected chi connectivity index (χ4v) is 3.02. The summed E-state index contributed by atoms with van der Waals surface area (Å²) in [7, 11) is 0. The van der Waals surface area contributed by atoms with Crippen LogP contribution in [-0.2, 0) is 16.0 Å². The molecule has 2 N–H and O–H groups in total. The zero-order valence-corrected chi connectivity index (χ0v) is 15.7. The number of hydrogen-bond acceptors (Lipinski definition) is 2. The van der Waals surface area contributed by atoms with E-state index >= 15 is 0 Å². The standard InChI is InChI=1S/C23H24N2O2/c1-16(2)17-10-12-20(13-11-17)25-23(27)15-24-22(26)14-19-8-5-7-18-6-3-4-9-21(18)19/h3-13,16H,14-15H2,1-2H3,(H,24,26)(H,25,27). The number of hydrogen-bond donors (Lipinski definition) is 2. The van der Waals surface area contributed by atoms with Crippen LogP contribution in [0.3, 0.4) is 0 Å². The van der Waals surface area contributed by atoms with Crippen molar-refractivity contribution in [1.82, 2.24) is 5.32 Å². The lowest BCUT2D eigenvalue weighted by Gasteiger charge is -2.10. The minimum Gasteiger partial charge on any atom is -0.347 e. The fraction of sp³-hybridized carbons (Fsp3) is 0.217. The Balaban J connectivity index is 1.53. The third kappa shape index (κ3) is 4.94. The maximum absolute atomic E-state index is 12.2. The molecule has 0 spiro atoms. The molecule has 0 aliphatic heterocycles. The van der Waals surface area contributed by atoms with Crippen molar-refractivity contribution in [3.05, 3.63) is 77.9 Å². The van der Waals surface area contributed by atoms with E-state index in [9.17, 15) is 9.59 Å². The van der Waals surface area contributed by atoms with Crippen LogP contribution in [0.15, 0.2) is 66.7 Å². The Morgan fingerprint density at radius 1 is 0.852 bits per heavy atom. The Bertz CT molecular complexity index is 941. The molecule has 2 amide bonds. The topological polar surface area (TPSA) is 58.2 Å². The van der Waals surface area contributed by atoms with E-state index in [2.05, 4.69) is 24.5 Å². The van der Waals surface area contributed by atoms with Gasteiger partial charge in [-0.1, -0.05) is 68.4 Å². The highest BCUT2D eigenvalue weighted by atomic mass is 16.2. The van der Waals surface area contributed by atoms with Crippen LogP contribution in [0.4, 0.5) is 5.69 Å². The van der Waals surface area contributed by atoms with E-state index in [1.54, 1.807) is 0 Å². The maximum atomic E-state index is 12.2. The monoisotopic (exact) mass is 360 g/mol. The minimum atomic E-state index is -0.237. The summed E-state index contributed by atoms with van der Waals surface area (Å²) in [5.74, 6) is 0.0401. The van der Waals surface area contributed by atoms with Gasteiger partial charge in [-0.05, 0) is 39.9 Å². The van der Waals surface area contributed by atoms with Gasteiger partial charge in [0.05, 0.1) is 13.0 Å². The van der Waals surface area contributed by atoms with E-state index < -0.39 is 0 Å². The van der Waals surface area contributed by atoms with Gasteiger partial charge in [0.1, 0.15) is 0 Å². The predicted octanol–water partition coefficient (Wildman–Crippen LogP) is 4.26. The molecule has 0 atom stereocenters. The molecule has 0 radical (unpaired) electrons. The summed E-state index contributed by atoms with van der Waals surface area (Å²) in [4.78, 5) is 24.3. The van der Waals surface area contributed by atoms with Gasteiger partial charge in [-0.3, -0.25) is 9.59 Å². The van der Waals surface area contributed by atoms with Gasteiger partial charge in [-0.2, -0.15) is 0 Å². The van der Waals surface area contributed by atoms with E-state index in [-0.39, 0.29) is 24.8 Å². The Labute approximate surface area is 159 Å². The third-order valence-electron chi connectivity index (χ3n) is 4.54. The SMILES string of the molecule is CC(C)c1ccc(NC(=O)CNC(=O)Cc2cccc3ccccc23)cc1. The van der Waals surface area contributed by atoms with Gasteiger partial charge in [0.15, 0.2) is 0 Å². The van der Waals surface area contributed by atoms with Gasteiger partial charge in [0, 0.05) is 5.69 Å². The maximum Gasteiger partial charge on any atom is 0.243 e. The largest absolute Gasteiger partial charge is 0.347 e. The molecule has 0 heterocycles. The minimum absolute atomic E-state index is 0.0461. The second-order valence-electron chi connectivity index (χ2n) is 6.92. The zero-order valence-electron chi connectivity index (χ0n) is 15.7. The molecular formula is C23H24N2O2. The molecule has 138 valence electrons. The molecule has 0 bridgehead atoms. The molecule has 0 aromatic heterocycles. The summed E-state index contributed by atoms with van der Waals surface area (Å²) in [5.41, 5.74) is 2.90. The molecule has 3 rings (SSSR count). The number of amides is 2. The summed E-state index contributed by atoms with van der Waals surface area (Å²) in [5, 5.41) is 7.66. The summed E-state index contributed by atoms with van der Waals surface area (Å²) < 4.78 is 0. The number of nitrogens with one attached hydrogen (secondary N) is 2. The van der Waals surface area contributed by atoms with E-state index in [0.29, 0.717) is 5.92 Å². The van der Waals surface area contributed by atoms with E-state index in [1.165, 1.54) is 5.56 Å².